The van der Waals surface area contributed by atoms with E-state index < -0.39 is 0 Å². The third-order valence-electron chi connectivity index (χ3n) is 4.15. The smallest absolute Gasteiger partial charge is 0.0619 e. The zero-order chi connectivity index (χ0) is 14.0. The lowest BCUT2D eigenvalue weighted by molar-refractivity contribution is -0.0529. The first-order chi connectivity index (χ1) is 9.88. The van der Waals surface area contributed by atoms with Gasteiger partial charge in [-0.15, -0.1) is 0 Å². The van der Waals surface area contributed by atoms with Crippen molar-refractivity contribution in [2.24, 2.45) is 0 Å². The van der Waals surface area contributed by atoms with Gasteiger partial charge in [0, 0.05) is 5.33 Å². The Morgan fingerprint density at radius 2 is 1.70 bits per heavy atom. The highest BCUT2D eigenvalue weighted by atomic mass is 79.9. The molecule has 1 nitrogen and oxygen atoms in total. The lowest BCUT2D eigenvalue weighted by atomic mass is 9.96. The van der Waals surface area contributed by atoms with Crippen molar-refractivity contribution in [1.82, 2.24) is 0 Å². The Balaban J connectivity index is 1.66. The van der Waals surface area contributed by atoms with Crippen molar-refractivity contribution in [3.63, 3.8) is 0 Å². The fourth-order valence-electron chi connectivity index (χ4n) is 3.04. The molecule has 0 radical (unpaired) electrons. The molecule has 2 rings (SSSR count). The van der Waals surface area contributed by atoms with Gasteiger partial charge in [0.05, 0.1) is 12.2 Å². The molecule has 2 heteroatoms. The van der Waals surface area contributed by atoms with Crippen LogP contribution in [-0.2, 0) is 11.2 Å². The van der Waals surface area contributed by atoms with E-state index in [2.05, 4.69) is 46.3 Å². The fraction of sp³-hybridized carbons (Fsp3) is 0.667. The number of benzene rings is 1. The Hall–Kier alpha value is -0.340. The minimum absolute atomic E-state index is 0.443. The fourth-order valence-corrected chi connectivity index (χ4v) is 3.44. The van der Waals surface area contributed by atoms with Crippen molar-refractivity contribution in [2.75, 3.05) is 5.33 Å². The number of alkyl halides is 1. The predicted molar refractivity (Wildman–Crippen MR) is 89.5 cm³/mol. The lowest BCUT2D eigenvalue weighted by Gasteiger charge is -2.30. The average Bonchev–Trinajstić information content (AvgIpc) is 2.48. The zero-order valence-corrected chi connectivity index (χ0v) is 14.0. The molecular formula is C18H27BrO. The largest absolute Gasteiger partial charge is 0.375 e. The minimum Gasteiger partial charge on any atom is -0.375 e. The number of halogens is 1. The van der Waals surface area contributed by atoms with Crippen molar-refractivity contribution in [3.05, 3.63) is 35.9 Å². The molecule has 1 aromatic rings. The zero-order valence-electron chi connectivity index (χ0n) is 12.4. The second-order valence-corrected chi connectivity index (χ2v) is 6.69. The first-order valence-corrected chi connectivity index (χ1v) is 9.26. The summed E-state index contributed by atoms with van der Waals surface area (Å²) in [5.41, 5.74) is 1.41. The predicted octanol–water partition coefficient (Wildman–Crippen LogP) is 5.51. The minimum atomic E-state index is 0.443. The van der Waals surface area contributed by atoms with E-state index in [1.165, 1.54) is 56.9 Å². The number of rotatable bonds is 8. The standard InChI is InChI=1S/C18H27BrO/c19-14-7-2-1-6-11-17-12-8-13-18(20-17)15-16-9-4-3-5-10-16/h3-5,9-10,17-18H,1-2,6-8,11-15H2/t17-,18-/m1/s1. The lowest BCUT2D eigenvalue weighted by Crippen LogP contribution is -2.29. The van der Waals surface area contributed by atoms with Crippen LogP contribution in [-0.4, -0.2) is 17.5 Å². The molecule has 0 aromatic heterocycles. The van der Waals surface area contributed by atoms with Crippen LogP contribution in [0, 0.1) is 0 Å². The van der Waals surface area contributed by atoms with Gasteiger partial charge < -0.3 is 4.74 Å². The van der Waals surface area contributed by atoms with Gasteiger partial charge in [-0.1, -0.05) is 65.5 Å². The van der Waals surface area contributed by atoms with E-state index in [1.807, 2.05) is 0 Å². The van der Waals surface area contributed by atoms with Crippen LogP contribution in [0.2, 0.25) is 0 Å². The molecule has 0 unspecified atom stereocenters. The summed E-state index contributed by atoms with van der Waals surface area (Å²) in [6.45, 7) is 0. The maximum absolute atomic E-state index is 6.29. The van der Waals surface area contributed by atoms with E-state index in [1.54, 1.807) is 0 Å². The highest BCUT2D eigenvalue weighted by molar-refractivity contribution is 9.09. The van der Waals surface area contributed by atoms with Crippen LogP contribution in [0.25, 0.3) is 0 Å². The van der Waals surface area contributed by atoms with Gasteiger partial charge in [-0.3, -0.25) is 0 Å². The highest BCUT2D eigenvalue weighted by Crippen LogP contribution is 2.25. The van der Waals surface area contributed by atoms with Crippen molar-refractivity contribution in [3.8, 4) is 0 Å². The molecule has 0 aliphatic carbocycles. The molecular weight excluding hydrogens is 312 g/mol. The quantitative estimate of drug-likeness (QED) is 0.448. The SMILES string of the molecule is BrCCCCCC[C@@H]1CCC[C@H](Cc2ccccc2)O1. The summed E-state index contributed by atoms with van der Waals surface area (Å²) in [6, 6.07) is 10.8. The average molecular weight is 339 g/mol. The third-order valence-corrected chi connectivity index (χ3v) is 4.71. The monoisotopic (exact) mass is 338 g/mol. The van der Waals surface area contributed by atoms with Crippen molar-refractivity contribution >= 4 is 15.9 Å². The topological polar surface area (TPSA) is 9.23 Å². The van der Waals surface area contributed by atoms with E-state index in [0.29, 0.717) is 12.2 Å². The number of hydrogen-bond acceptors (Lipinski definition) is 1. The summed E-state index contributed by atoms with van der Waals surface area (Å²) in [4.78, 5) is 0. The molecule has 2 atom stereocenters. The number of unbranched alkanes of at least 4 members (excludes halogenated alkanes) is 3. The van der Waals surface area contributed by atoms with Gasteiger partial charge in [-0.05, 0) is 44.1 Å². The van der Waals surface area contributed by atoms with E-state index in [-0.39, 0.29) is 0 Å². The molecule has 1 heterocycles. The summed E-state index contributed by atoms with van der Waals surface area (Å²) in [7, 11) is 0. The van der Waals surface area contributed by atoms with Gasteiger partial charge in [0.15, 0.2) is 0 Å². The van der Waals surface area contributed by atoms with Crippen molar-refractivity contribution in [1.29, 1.82) is 0 Å². The summed E-state index contributed by atoms with van der Waals surface area (Å²) in [6.07, 6.45) is 12.5. The maximum atomic E-state index is 6.29. The van der Waals surface area contributed by atoms with Crippen molar-refractivity contribution in [2.45, 2.75) is 70.0 Å². The van der Waals surface area contributed by atoms with Gasteiger partial charge in [-0.25, -0.2) is 0 Å². The molecule has 0 N–H and O–H groups in total. The summed E-state index contributed by atoms with van der Waals surface area (Å²) < 4.78 is 6.29. The van der Waals surface area contributed by atoms with Crippen LogP contribution in [0.3, 0.4) is 0 Å². The van der Waals surface area contributed by atoms with E-state index >= 15 is 0 Å². The van der Waals surface area contributed by atoms with E-state index in [0.717, 1.165) is 11.8 Å². The van der Waals surface area contributed by atoms with Crippen LogP contribution in [0.5, 0.6) is 0 Å². The molecule has 0 bridgehead atoms. The summed E-state index contributed by atoms with van der Waals surface area (Å²) in [5, 5.41) is 1.14. The Labute approximate surface area is 132 Å². The highest BCUT2D eigenvalue weighted by Gasteiger charge is 2.22. The summed E-state index contributed by atoms with van der Waals surface area (Å²) >= 11 is 3.49. The Kier molecular flexibility index (Phi) is 7.67. The van der Waals surface area contributed by atoms with Gasteiger partial charge in [-0.2, -0.15) is 0 Å². The Morgan fingerprint density at radius 3 is 2.50 bits per heavy atom. The van der Waals surface area contributed by atoms with Crippen molar-refractivity contribution < 1.29 is 4.74 Å². The number of ether oxygens (including phenoxy) is 1. The normalized spacial score (nSPS) is 22.9. The first-order valence-electron chi connectivity index (χ1n) is 8.14. The van der Waals surface area contributed by atoms with Crippen LogP contribution in [0.1, 0.15) is 56.9 Å². The van der Waals surface area contributed by atoms with Crippen LogP contribution >= 0.6 is 15.9 Å². The summed E-state index contributed by atoms with van der Waals surface area (Å²) in [5.74, 6) is 0. The molecule has 0 saturated carbocycles. The Morgan fingerprint density at radius 1 is 0.950 bits per heavy atom. The molecule has 1 aliphatic heterocycles. The van der Waals surface area contributed by atoms with Gasteiger partial charge in [0.25, 0.3) is 0 Å². The molecule has 20 heavy (non-hydrogen) atoms. The molecule has 1 fully saturated rings. The van der Waals surface area contributed by atoms with Crippen LogP contribution < -0.4 is 0 Å². The van der Waals surface area contributed by atoms with Gasteiger partial charge >= 0.3 is 0 Å². The molecule has 0 spiro atoms. The molecule has 1 saturated heterocycles. The second kappa shape index (κ2) is 9.57. The van der Waals surface area contributed by atoms with Crippen LogP contribution in [0.15, 0.2) is 30.3 Å². The molecule has 1 aliphatic rings. The van der Waals surface area contributed by atoms with Gasteiger partial charge in [0.1, 0.15) is 0 Å². The first kappa shape index (κ1) is 16.0. The van der Waals surface area contributed by atoms with E-state index in [9.17, 15) is 0 Å². The molecule has 1 aromatic carbocycles. The Bertz CT molecular complexity index is 352. The molecule has 0 amide bonds. The maximum Gasteiger partial charge on any atom is 0.0619 e. The number of hydrogen-bond donors (Lipinski definition) is 0. The second-order valence-electron chi connectivity index (χ2n) is 5.89. The molecule has 112 valence electrons. The van der Waals surface area contributed by atoms with Crippen LogP contribution in [0.4, 0.5) is 0 Å². The van der Waals surface area contributed by atoms with E-state index in [4.69, 9.17) is 4.74 Å². The van der Waals surface area contributed by atoms with Gasteiger partial charge in [0.2, 0.25) is 0 Å². The third kappa shape index (κ3) is 5.97.